The molecule has 6 nitrogen and oxygen atoms in total. The van der Waals surface area contributed by atoms with E-state index in [9.17, 15) is 8.42 Å². The number of anilines is 1. The molecule has 0 aromatic carbocycles. The van der Waals surface area contributed by atoms with E-state index in [4.69, 9.17) is 0 Å². The van der Waals surface area contributed by atoms with Gasteiger partial charge in [0.2, 0.25) is 10.0 Å². The maximum absolute atomic E-state index is 12.3. The summed E-state index contributed by atoms with van der Waals surface area (Å²) in [7, 11) is -1.98. The Labute approximate surface area is 136 Å². The predicted molar refractivity (Wildman–Crippen MR) is 87.2 cm³/mol. The number of pyridine rings is 1. The zero-order valence-corrected chi connectivity index (χ0v) is 14.8. The van der Waals surface area contributed by atoms with Gasteiger partial charge in [-0.05, 0) is 28.9 Å². The first-order valence-electron chi connectivity index (χ1n) is 6.16. The second-order valence-electron chi connectivity index (χ2n) is 4.28. The number of aryl methyl sites for hydroxylation is 1. The molecule has 0 radical (unpaired) electrons. The number of thiazole rings is 1. The van der Waals surface area contributed by atoms with Crippen LogP contribution in [0.1, 0.15) is 10.7 Å². The minimum absolute atomic E-state index is 0.120. The molecule has 2 N–H and O–H groups in total. The van der Waals surface area contributed by atoms with Gasteiger partial charge in [0.05, 0.1) is 5.01 Å². The number of hydrogen-bond acceptors (Lipinski definition) is 6. The maximum Gasteiger partial charge on any atom is 0.244 e. The molecular formula is C12H15BrN4O2S2. The van der Waals surface area contributed by atoms with Gasteiger partial charge < -0.3 is 5.32 Å². The lowest BCUT2D eigenvalue weighted by atomic mass is 10.4. The zero-order valence-electron chi connectivity index (χ0n) is 11.6. The van der Waals surface area contributed by atoms with Crippen molar-refractivity contribution in [3.63, 3.8) is 0 Å². The van der Waals surface area contributed by atoms with Gasteiger partial charge in [0, 0.05) is 41.8 Å². The maximum atomic E-state index is 12.3. The zero-order chi connectivity index (χ0) is 15.5. The summed E-state index contributed by atoms with van der Waals surface area (Å²) >= 11 is 4.76. The fourth-order valence-electron chi connectivity index (χ4n) is 1.70. The van der Waals surface area contributed by atoms with Crippen molar-refractivity contribution in [2.45, 2.75) is 18.2 Å². The minimum atomic E-state index is -3.62. The third-order valence-corrected chi connectivity index (χ3v) is 5.58. The summed E-state index contributed by atoms with van der Waals surface area (Å²) in [4.78, 5) is 8.47. The molecule has 0 unspecified atom stereocenters. The summed E-state index contributed by atoms with van der Waals surface area (Å²) < 4.78 is 27.8. The Kier molecular flexibility index (Phi) is 5.31. The van der Waals surface area contributed by atoms with Gasteiger partial charge in [-0.2, -0.15) is 0 Å². The first-order valence-corrected chi connectivity index (χ1v) is 9.32. The second-order valence-corrected chi connectivity index (χ2v) is 7.87. The minimum Gasteiger partial charge on any atom is -0.372 e. The summed E-state index contributed by atoms with van der Waals surface area (Å²) in [6, 6.07) is 1.52. The van der Waals surface area contributed by atoms with Crippen LogP contribution in [0.15, 0.2) is 27.0 Å². The van der Waals surface area contributed by atoms with E-state index in [-0.39, 0.29) is 4.90 Å². The Bertz CT molecular complexity index is 731. The molecule has 0 saturated carbocycles. The summed E-state index contributed by atoms with van der Waals surface area (Å²) in [6.07, 6.45) is 2.11. The highest BCUT2D eigenvalue weighted by Crippen LogP contribution is 2.22. The lowest BCUT2D eigenvalue weighted by Crippen LogP contribution is -2.27. The largest absolute Gasteiger partial charge is 0.372 e. The van der Waals surface area contributed by atoms with Crippen molar-refractivity contribution in [1.82, 2.24) is 14.7 Å². The first-order chi connectivity index (χ1) is 9.92. The van der Waals surface area contributed by atoms with Crippen molar-refractivity contribution < 1.29 is 8.42 Å². The van der Waals surface area contributed by atoms with E-state index in [2.05, 4.69) is 35.9 Å². The average molecular weight is 391 g/mol. The fourth-order valence-corrected chi connectivity index (χ4v) is 4.18. The van der Waals surface area contributed by atoms with Crippen molar-refractivity contribution in [1.29, 1.82) is 0 Å². The van der Waals surface area contributed by atoms with Gasteiger partial charge in [0.1, 0.15) is 10.7 Å². The van der Waals surface area contributed by atoms with Crippen LogP contribution in [0.2, 0.25) is 0 Å². The quantitative estimate of drug-likeness (QED) is 0.789. The Morgan fingerprint density at radius 1 is 1.43 bits per heavy atom. The summed E-state index contributed by atoms with van der Waals surface area (Å²) in [5.74, 6) is 0.316. The average Bonchev–Trinajstić information content (AvgIpc) is 2.84. The van der Waals surface area contributed by atoms with Crippen molar-refractivity contribution in [2.24, 2.45) is 0 Å². The van der Waals surface area contributed by atoms with Crippen molar-refractivity contribution in [2.75, 3.05) is 18.9 Å². The molecule has 9 heteroatoms. The molecule has 0 atom stereocenters. The van der Waals surface area contributed by atoms with E-state index in [1.807, 2.05) is 12.3 Å². The normalized spacial score (nSPS) is 11.6. The van der Waals surface area contributed by atoms with Gasteiger partial charge in [-0.3, -0.25) is 0 Å². The summed E-state index contributed by atoms with van der Waals surface area (Å²) in [5, 5.41) is 5.64. The van der Waals surface area contributed by atoms with E-state index in [0.717, 1.165) is 10.7 Å². The topological polar surface area (TPSA) is 84.0 Å². The van der Waals surface area contributed by atoms with Gasteiger partial charge in [-0.15, -0.1) is 11.3 Å². The third-order valence-electron chi connectivity index (χ3n) is 2.64. The molecule has 2 aromatic rings. The van der Waals surface area contributed by atoms with Crippen molar-refractivity contribution in [3.8, 4) is 0 Å². The Morgan fingerprint density at radius 2 is 2.19 bits per heavy atom. The summed E-state index contributed by atoms with van der Waals surface area (Å²) in [5.41, 5.74) is 0.950. The van der Waals surface area contributed by atoms with Crippen molar-refractivity contribution in [3.05, 3.63) is 32.8 Å². The number of hydrogen-bond donors (Lipinski definition) is 2. The van der Waals surface area contributed by atoms with Gasteiger partial charge in [-0.25, -0.2) is 23.1 Å². The molecule has 0 spiro atoms. The highest BCUT2D eigenvalue weighted by molar-refractivity contribution is 9.10. The SMILES string of the molecule is CNc1ncc(Br)cc1S(=O)(=O)NCCc1nc(C)cs1. The lowest BCUT2D eigenvalue weighted by molar-refractivity contribution is 0.581. The Morgan fingerprint density at radius 3 is 2.81 bits per heavy atom. The molecule has 114 valence electrons. The molecule has 0 aliphatic carbocycles. The number of nitrogens with one attached hydrogen (secondary N) is 2. The van der Waals surface area contributed by atoms with Gasteiger partial charge in [0.25, 0.3) is 0 Å². The molecule has 0 amide bonds. The van der Waals surface area contributed by atoms with Crippen LogP contribution in [0, 0.1) is 6.92 Å². The molecule has 21 heavy (non-hydrogen) atoms. The Hall–Kier alpha value is -1.03. The molecule has 0 fully saturated rings. The van der Waals surface area contributed by atoms with Gasteiger partial charge in [-0.1, -0.05) is 0 Å². The van der Waals surface area contributed by atoms with E-state index in [1.54, 1.807) is 13.2 Å². The smallest absolute Gasteiger partial charge is 0.244 e. The Balaban J connectivity index is 2.09. The molecular weight excluding hydrogens is 376 g/mol. The number of rotatable bonds is 6. The van der Waals surface area contributed by atoms with Gasteiger partial charge >= 0.3 is 0 Å². The highest BCUT2D eigenvalue weighted by atomic mass is 79.9. The van der Waals surface area contributed by atoms with Crippen LogP contribution in [-0.4, -0.2) is 32.0 Å². The highest BCUT2D eigenvalue weighted by Gasteiger charge is 2.19. The van der Waals surface area contributed by atoms with E-state index in [1.165, 1.54) is 17.4 Å². The number of aromatic nitrogens is 2. The van der Waals surface area contributed by atoms with Crippen LogP contribution in [0.5, 0.6) is 0 Å². The van der Waals surface area contributed by atoms with Crippen LogP contribution < -0.4 is 10.0 Å². The molecule has 0 saturated heterocycles. The molecule has 2 heterocycles. The van der Waals surface area contributed by atoms with Crippen LogP contribution in [-0.2, 0) is 16.4 Å². The first kappa shape index (κ1) is 16.3. The number of sulfonamides is 1. The second kappa shape index (κ2) is 6.82. The van der Waals surface area contributed by atoms with Crippen LogP contribution in [0.4, 0.5) is 5.82 Å². The number of halogens is 1. The third kappa shape index (κ3) is 4.22. The van der Waals surface area contributed by atoms with E-state index < -0.39 is 10.0 Å². The predicted octanol–water partition coefficient (Wildman–Crippen LogP) is 2.17. The standard InChI is InChI=1S/C12H15BrN4O2S2/c1-8-7-20-11(17-8)3-4-16-21(18,19)10-5-9(13)6-15-12(10)14-2/h5-7,16H,3-4H2,1-2H3,(H,14,15). The summed E-state index contributed by atoms with van der Waals surface area (Å²) in [6.45, 7) is 2.21. The molecule has 0 bridgehead atoms. The van der Waals surface area contributed by atoms with Crippen LogP contribution in [0.25, 0.3) is 0 Å². The van der Waals surface area contributed by atoms with Crippen LogP contribution in [0.3, 0.4) is 0 Å². The molecule has 0 aliphatic heterocycles. The van der Waals surface area contributed by atoms with E-state index >= 15 is 0 Å². The monoisotopic (exact) mass is 390 g/mol. The van der Waals surface area contributed by atoms with Crippen LogP contribution >= 0.6 is 27.3 Å². The van der Waals surface area contributed by atoms with E-state index in [0.29, 0.717) is 23.3 Å². The molecule has 0 aliphatic rings. The number of nitrogens with zero attached hydrogens (tertiary/aromatic N) is 2. The molecule has 2 aromatic heterocycles. The lowest BCUT2D eigenvalue weighted by Gasteiger charge is -2.10. The van der Waals surface area contributed by atoms with Gasteiger partial charge in [0.15, 0.2) is 0 Å². The fraction of sp³-hybridized carbons (Fsp3) is 0.333. The van der Waals surface area contributed by atoms with Crippen molar-refractivity contribution >= 4 is 43.1 Å². The molecule has 2 rings (SSSR count).